The zero-order valence-electron chi connectivity index (χ0n) is 31.9. The fourth-order valence-corrected chi connectivity index (χ4v) is 7.17. The van der Waals surface area contributed by atoms with Crippen LogP contribution >= 0.6 is 0 Å². The van der Waals surface area contributed by atoms with Crippen molar-refractivity contribution in [1.82, 2.24) is 25.8 Å². The molecule has 0 aromatic heterocycles. The zero-order chi connectivity index (χ0) is 38.3. The first kappa shape index (κ1) is 40.8. The second-order valence-corrected chi connectivity index (χ2v) is 14.9. The van der Waals surface area contributed by atoms with Crippen LogP contribution in [0, 0.1) is 5.92 Å². The molecule has 0 saturated carbocycles. The van der Waals surface area contributed by atoms with E-state index in [9.17, 15) is 19.2 Å². The summed E-state index contributed by atoms with van der Waals surface area (Å²) in [5.74, 6) is 0.958. The normalized spacial score (nSPS) is 19.6. The summed E-state index contributed by atoms with van der Waals surface area (Å²) in [6, 6.07) is 18.5. The Labute approximate surface area is 318 Å². The van der Waals surface area contributed by atoms with Gasteiger partial charge in [0, 0.05) is 45.1 Å². The molecule has 1 unspecified atom stereocenters. The quantitative estimate of drug-likeness (QED) is 0.218. The molecule has 0 radical (unpaired) electrons. The van der Waals surface area contributed by atoms with E-state index in [1.165, 1.54) is 5.56 Å². The summed E-state index contributed by atoms with van der Waals surface area (Å²) in [5, 5.41) is 8.49. The predicted molar refractivity (Wildman–Crippen MR) is 201 cm³/mol. The first-order valence-corrected chi connectivity index (χ1v) is 19.2. The number of carbonyl (C=O) groups excluding carboxylic acids is 4. The second-order valence-electron chi connectivity index (χ2n) is 14.9. The maximum absolute atomic E-state index is 13.5. The highest BCUT2D eigenvalue weighted by atomic mass is 16.6. The SMILES string of the molecule is CC(C)(C)OC(=O)NCCOCCOCCC(=O)NCCOc1cccc([C@H](c2ccccc2)C2CCN(C(=O)N3CCC4OCC(=O)N[C@@H]4C3)CC2)c1. The molecule has 0 aliphatic carbocycles. The number of nitrogens with one attached hydrogen (secondary N) is 3. The van der Waals surface area contributed by atoms with Crippen molar-refractivity contribution in [2.45, 2.75) is 70.1 Å². The van der Waals surface area contributed by atoms with Crippen LogP contribution in [0.4, 0.5) is 9.59 Å². The summed E-state index contributed by atoms with van der Waals surface area (Å²) in [5.41, 5.74) is 1.84. The Kier molecular flexibility index (Phi) is 15.4. The van der Waals surface area contributed by atoms with Gasteiger partial charge in [0.2, 0.25) is 11.8 Å². The fourth-order valence-electron chi connectivity index (χ4n) is 7.17. The number of ether oxygens (including phenoxy) is 5. The Bertz CT molecular complexity index is 1510. The first-order valence-electron chi connectivity index (χ1n) is 19.2. The average Bonchev–Trinajstić information content (AvgIpc) is 3.15. The van der Waals surface area contributed by atoms with Gasteiger partial charge in [0.15, 0.2) is 0 Å². The van der Waals surface area contributed by atoms with E-state index >= 15 is 0 Å². The Morgan fingerprint density at radius 2 is 1.56 bits per heavy atom. The van der Waals surface area contributed by atoms with Crippen molar-refractivity contribution >= 4 is 23.9 Å². The van der Waals surface area contributed by atoms with E-state index in [1.54, 1.807) is 20.8 Å². The summed E-state index contributed by atoms with van der Waals surface area (Å²) in [6.45, 7) is 10.3. The average molecular weight is 752 g/mol. The van der Waals surface area contributed by atoms with E-state index in [0.29, 0.717) is 71.6 Å². The van der Waals surface area contributed by atoms with Gasteiger partial charge in [-0.05, 0) is 69.2 Å². The number of likely N-dealkylation sites (tertiary alicyclic amines) is 2. The van der Waals surface area contributed by atoms with Gasteiger partial charge >= 0.3 is 12.1 Å². The largest absolute Gasteiger partial charge is 0.492 e. The van der Waals surface area contributed by atoms with E-state index < -0.39 is 11.7 Å². The number of alkyl carbamates (subject to hydrolysis) is 1. The van der Waals surface area contributed by atoms with Crippen molar-refractivity contribution in [3.8, 4) is 5.75 Å². The van der Waals surface area contributed by atoms with E-state index in [-0.39, 0.29) is 55.5 Å². The molecule has 3 aliphatic rings. The summed E-state index contributed by atoms with van der Waals surface area (Å²) >= 11 is 0. The van der Waals surface area contributed by atoms with Crippen LogP contribution < -0.4 is 20.7 Å². The van der Waals surface area contributed by atoms with Gasteiger partial charge in [-0.3, -0.25) is 9.59 Å². The van der Waals surface area contributed by atoms with Crippen LogP contribution in [0.1, 0.15) is 63.5 Å². The number of rotatable bonds is 16. The predicted octanol–water partition coefficient (Wildman–Crippen LogP) is 3.68. The molecule has 3 atom stereocenters. The molecule has 5 amide bonds. The minimum absolute atomic E-state index is 0.0275. The number of amides is 5. The third kappa shape index (κ3) is 12.9. The smallest absolute Gasteiger partial charge is 0.407 e. The molecule has 14 heteroatoms. The Morgan fingerprint density at radius 3 is 2.31 bits per heavy atom. The highest BCUT2D eigenvalue weighted by molar-refractivity contribution is 5.79. The molecule has 2 aromatic rings. The number of urea groups is 1. The van der Waals surface area contributed by atoms with Crippen LogP contribution in [0.5, 0.6) is 5.75 Å². The van der Waals surface area contributed by atoms with Crippen molar-refractivity contribution in [2.24, 2.45) is 5.92 Å². The summed E-state index contributed by atoms with van der Waals surface area (Å²) in [7, 11) is 0. The molecule has 2 aromatic carbocycles. The molecule has 54 heavy (non-hydrogen) atoms. The van der Waals surface area contributed by atoms with Gasteiger partial charge in [0.25, 0.3) is 0 Å². The van der Waals surface area contributed by atoms with Crippen LogP contribution in [0.15, 0.2) is 54.6 Å². The van der Waals surface area contributed by atoms with Crippen molar-refractivity contribution in [3.05, 3.63) is 65.7 Å². The highest BCUT2D eigenvalue weighted by Gasteiger charge is 2.39. The molecule has 3 N–H and O–H groups in total. The number of carbonyl (C=O) groups is 4. The van der Waals surface area contributed by atoms with Gasteiger partial charge in [-0.25, -0.2) is 9.59 Å². The van der Waals surface area contributed by atoms with Gasteiger partial charge in [-0.15, -0.1) is 0 Å². The van der Waals surface area contributed by atoms with Gasteiger partial charge in [0.1, 0.15) is 24.6 Å². The molecule has 3 saturated heterocycles. The Morgan fingerprint density at radius 1 is 0.852 bits per heavy atom. The number of hydrogen-bond acceptors (Lipinski definition) is 9. The molecule has 0 bridgehead atoms. The Balaban J connectivity index is 1.01. The third-order valence-electron chi connectivity index (χ3n) is 9.71. The number of hydrogen-bond donors (Lipinski definition) is 3. The molecule has 3 heterocycles. The van der Waals surface area contributed by atoms with E-state index in [0.717, 1.165) is 30.6 Å². The van der Waals surface area contributed by atoms with Crippen molar-refractivity contribution in [1.29, 1.82) is 0 Å². The molecular weight excluding hydrogens is 694 g/mol. The number of morpholine rings is 1. The van der Waals surface area contributed by atoms with Crippen LogP contribution in [0.25, 0.3) is 0 Å². The lowest BCUT2D eigenvalue weighted by Crippen LogP contribution is -2.62. The maximum Gasteiger partial charge on any atom is 0.407 e. The van der Waals surface area contributed by atoms with Gasteiger partial charge in [0.05, 0.1) is 45.1 Å². The van der Waals surface area contributed by atoms with Gasteiger partial charge in [-0.2, -0.15) is 0 Å². The molecule has 296 valence electrons. The number of benzene rings is 2. The molecule has 14 nitrogen and oxygen atoms in total. The molecule has 3 fully saturated rings. The monoisotopic (exact) mass is 751 g/mol. The molecular formula is C40H57N5O9. The van der Waals surface area contributed by atoms with Crippen LogP contribution in [-0.2, 0) is 28.5 Å². The number of piperidine rings is 2. The topological polar surface area (TPSA) is 157 Å². The maximum atomic E-state index is 13.5. The van der Waals surface area contributed by atoms with E-state index in [4.69, 9.17) is 23.7 Å². The van der Waals surface area contributed by atoms with Gasteiger partial charge in [-0.1, -0.05) is 42.5 Å². The van der Waals surface area contributed by atoms with Crippen LogP contribution in [-0.4, -0.2) is 130 Å². The third-order valence-corrected chi connectivity index (χ3v) is 9.71. The molecule has 0 spiro atoms. The minimum Gasteiger partial charge on any atom is -0.492 e. The van der Waals surface area contributed by atoms with Crippen molar-refractivity contribution in [2.75, 3.05) is 78.9 Å². The van der Waals surface area contributed by atoms with E-state index in [2.05, 4.69) is 52.3 Å². The fraction of sp³-hybridized carbons (Fsp3) is 0.600. The highest BCUT2D eigenvalue weighted by Crippen LogP contribution is 2.39. The number of fused-ring (bicyclic) bond motifs is 1. The lowest BCUT2D eigenvalue weighted by atomic mass is 9.76. The standard InChI is InChI=1S/C40H57N5O9/c1-40(2,3)54-38(48)42-16-22-51-25-24-50-21-15-35(46)41-17-23-52-32-11-7-10-31(26-32)37(29-8-5-4-6-9-29)30-12-18-44(19-13-30)39(49)45-20-14-34-33(27-45)43-36(47)28-53-34/h4-11,26,30,33-34,37H,12-25,27-28H2,1-3H3,(H,41,46)(H,42,48)(H,43,47)/t33-,34?,37-/m1/s1. The first-order chi connectivity index (χ1) is 26.1. The van der Waals surface area contributed by atoms with Crippen LogP contribution in [0.3, 0.4) is 0 Å². The minimum atomic E-state index is -0.545. The summed E-state index contributed by atoms with van der Waals surface area (Å²) in [4.78, 5) is 53.1. The molecule has 3 aliphatic heterocycles. The number of nitrogens with zero attached hydrogens (tertiary/aromatic N) is 2. The van der Waals surface area contributed by atoms with Crippen LogP contribution in [0.2, 0.25) is 0 Å². The van der Waals surface area contributed by atoms with Crippen molar-refractivity contribution < 1.29 is 42.9 Å². The zero-order valence-corrected chi connectivity index (χ0v) is 31.9. The summed E-state index contributed by atoms with van der Waals surface area (Å²) in [6.07, 6.45) is 2.18. The second kappa shape index (κ2) is 20.3. The lowest BCUT2D eigenvalue weighted by Gasteiger charge is -2.44. The lowest BCUT2D eigenvalue weighted by molar-refractivity contribution is -0.139. The van der Waals surface area contributed by atoms with E-state index in [1.807, 2.05) is 28.0 Å². The van der Waals surface area contributed by atoms with Crippen molar-refractivity contribution in [3.63, 3.8) is 0 Å². The molecule has 5 rings (SSSR count). The van der Waals surface area contributed by atoms with Gasteiger partial charge < -0.3 is 49.4 Å². The Hall–Kier alpha value is -4.40. The summed E-state index contributed by atoms with van der Waals surface area (Å²) < 4.78 is 27.8.